The third-order valence-electron chi connectivity index (χ3n) is 2.29. The molecular formula is C11H9N5. The third-order valence-corrected chi connectivity index (χ3v) is 2.29. The molecule has 3 aromatic rings. The molecule has 0 aromatic carbocycles. The van der Waals surface area contributed by atoms with E-state index in [1.807, 2.05) is 37.3 Å². The number of hydrogen-bond acceptors (Lipinski definition) is 4. The van der Waals surface area contributed by atoms with Crippen molar-refractivity contribution >= 4 is 5.65 Å². The van der Waals surface area contributed by atoms with E-state index in [2.05, 4.69) is 20.3 Å². The predicted molar refractivity (Wildman–Crippen MR) is 58.8 cm³/mol. The van der Waals surface area contributed by atoms with E-state index in [9.17, 15) is 0 Å². The summed E-state index contributed by atoms with van der Waals surface area (Å²) < 4.78 is 1.71. The molecule has 0 saturated heterocycles. The van der Waals surface area contributed by atoms with Crippen molar-refractivity contribution in [3.05, 3.63) is 42.2 Å². The highest BCUT2D eigenvalue weighted by molar-refractivity contribution is 5.53. The Kier molecular flexibility index (Phi) is 1.89. The number of aromatic nitrogens is 5. The summed E-state index contributed by atoms with van der Waals surface area (Å²) in [6, 6.07) is 9.47. The lowest BCUT2D eigenvalue weighted by Crippen LogP contribution is -1.97. The number of fused-ring (bicyclic) bond motifs is 1. The second-order valence-electron chi connectivity index (χ2n) is 3.48. The first kappa shape index (κ1) is 8.96. The van der Waals surface area contributed by atoms with Crippen molar-refractivity contribution in [2.24, 2.45) is 0 Å². The molecule has 0 bridgehead atoms. The van der Waals surface area contributed by atoms with Gasteiger partial charge < -0.3 is 0 Å². The molecule has 0 fully saturated rings. The van der Waals surface area contributed by atoms with E-state index in [1.165, 1.54) is 0 Å². The van der Waals surface area contributed by atoms with Gasteiger partial charge in [-0.2, -0.15) is 9.61 Å². The van der Waals surface area contributed by atoms with E-state index in [4.69, 9.17) is 0 Å². The highest BCUT2D eigenvalue weighted by Crippen LogP contribution is 2.13. The predicted octanol–water partition coefficient (Wildman–Crippen LogP) is 1.49. The van der Waals surface area contributed by atoms with Gasteiger partial charge in [0.15, 0.2) is 5.65 Å². The molecule has 0 aliphatic rings. The Morgan fingerprint density at radius 3 is 2.81 bits per heavy atom. The van der Waals surface area contributed by atoms with Crippen LogP contribution in [0.1, 0.15) is 5.69 Å². The van der Waals surface area contributed by atoms with Gasteiger partial charge in [-0.3, -0.25) is 4.98 Å². The van der Waals surface area contributed by atoms with Crippen LogP contribution in [0, 0.1) is 6.92 Å². The fourth-order valence-electron chi connectivity index (χ4n) is 1.54. The Labute approximate surface area is 91.8 Å². The highest BCUT2D eigenvalue weighted by atomic mass is 15.4. The van der Waals surface area contributed by atoms with Gasteiger partial charge in [-0.05, 0) is 31.2 Å². The van der Waals surface area contributed by atoms with Crippen LogP contribution in [-0.2, 0) is 0 Å². The van der Waals surface area contributed by atoms with Gasteiger partial charge in [-0.1, -0.05) is 6.07 Å². The van der Waals surface area contributed by atoms with Gasteiger partial charge in [0.05, 0.1) is 5.69 Å². The maximum atomic E-state index is 4.36. The SMILES string of the molecule is Cc1ccc2nnc(-c3ccccn3)n2n1. The molecule has 3 aromatic heterocycles. The van der Waals surface area contributed by atoms with Gasteiger partial charge in [0.2, 0.25) is 5.82 Å². The molecule has 0 unspecified atom stereocenters. The molecule has 5 nitrogen and oxygen atoms in total. The first-order valence-corrected chi connectivity index (χ1v) is 4.95. The molecule has 0 aliphatic heterocycles. The minimum Gasteiger partial charge on any atom is -0.253 e. The molecule has 0 atom stereocenters. The molecule has 0 aliphatic carbocycles. The summed E-state index contributed by atoms with van der Waals surface area (Å²) in [4.78, 5) is 4.24. The van der Waals surface area contributed by atoms with E-state index in [0.29, 0.717) is 5.82 Å². The van der Waals surface area contributed by atoms with Crippen molar-refractivity contribution in [2.45, 2.75) is 6.92 Å². The standard InChI is InChI=1S/C11H9N5/c1-8-5-6-10-13-14-11(16(10)15-8)9-4-2-3-7-12-9/h2-7H,1H3. The van der Waals surface area contributed by atoms with Gasteiger partial charge >= 0.3 is 0 Å². The van der Waals surface area contributed by atoms with Crippen LogP contribution in [-0.4, -0.2) is 24.8 Å². The fourth-order valence-corrected chi connectivity index (χ4v) is 1.54. The number of nitrogens with zero attached hydrogens (tertiary/aromatic N) is 5. The number of pyridine rings is 1. The van der Waals surface area contributed by atoms with Crippen molar-refractivity contribution in [3.8, 4) is 11.5 Å². The highest BCUT2D eigenvalue weighted by Gasteiger charge is 2.09. The van der Waals surface area contributed by atoms with Gasteiger partial charge in [-0.25, -0.2) is 0 Å². The van der Waals surface area contributed by atoms with Gasteiger partial charge in [0.25, 0.3) is 0 Å². The minimum absolute atomic E-state index is 0.666. The van der Waals surface area contributed by atoms with Crippen molar-refractivity contribution in [2.75, 3.05) is 0 Å². The average molecular weight is 211 g/mol. The molecule has 0 amide bonds. The molecule has 5 heteroatoms. The van der Waals surface area contributed by atoms with Crippen LogP contribution in [0.2, 0.25) is 0 Å². The maximum Gasteiger partial charge on any atom is 0.203 e. The molecule has 78 valence electrons. The summed E-state index contributed by atoms with van der Waals surface area (Å²) in [7, 11) is 0. The molecule has 0 saturated carbocycles. The Balaban J connectivity index is 2.29. The first-order chi connectivity index (χ1) is 7.84. The first-order valence-electron chi connectivity index (χ1n) is 4.95. The lowest BCUT2D eigenvalue weighted by Gasteiger charge is -1.98. The Bertz CT molecular complexity index is 629. The van der Waals surface area contributed by atoms with Crippen LogP contribution in [0.3, 0.4) is 0 Å². The fraction of sp³-hybridized carbons (Fsp3) is 0.0909. The lowest BCUT2D eigenvalue weighted by atomic mass is 10.3. The molecule has 16 heavy (non-hydrogen) atoms. The molecule has 0 radical (unpaired) electrons. The Morgan fingerprint density at radius 2 is 2.00 bits per heavy atom. The summed E-state index contributed by atoms with van der Waals surface area (Å²) in [6.45, 7) is 1.93. The van der Waals surface area contributed by atoms with Crippen molar-refractivity contribution < 1.29 is 0 Å². The van der Waals surface area contributed by atoms with Crippen molar-refractivity contribution in [1.82, 2.24) is 24.8 Å². The van der Waals surface area contributed by atoms with E-state index in [-0.39, 0.29) is 0 Å². The lowest BCUT2D eigenvalue weighted by molar-refractivity contribution is 0.897. The van der Waals surface area contributed by atoms with Crippen molar-refractivity contribution in [1.29, 1.82) is 0 Å². The normalized spacial score (nSPS) is 10.8. The van der Waals surface area contributed by atoms with E-state index >= 15 is 0 Å². The van der Waals surface area contributed by atoms with E-state index in [1.54, 1.807) is 10.7 Å². The van der Waals surface area contributed by atoms with Crippen LogP contribution in [0.4, 0.5) is 0 Å². The molecule has 0 spiro atoms. The molecular weight excluding hydrogens is 202 g/mol. The summed E-state index contributed by atoms with van der Waals surface area (Å²) in [5.41, 5.74) is 2.42. The third kappa shape index (κ3) is 1.33. The Morgan fingerprint density at radius 1 is 1.06 bits per heavy atom. The summed E-state index contributed by atoms with van der Waals surface area (Å²) in [5.74, 6) is 0.666. The second kappa shape index (κ2) is 3.37. The topological polar surface area (TPSA) is 56.0 Å². The monoisotopic (exact) mass is 211 g/mol. The second-order valence-corrected chi connectivity index (χ2v) is 3.48. The maximum absolute atomic E-state index is 4.36. The van der Waals surface area contributed by atoms with E-state index in [0.717, 1.165) is 17.0 Å². The summed E-state index contributed by atoms with van der Waals surface area (Å²) in [6.07, 6.45) is 1.73. The van der Waals surface area contributed by atoms with Gasteiger partial charge in [0, 0.05) is 6.20 Å². The zero-order valence-electron chi connectivity index (χ0n) is 8.70. The van der Waals surface area contributed by atoms with Crippen molar-refractivity contribution in [3.63, 3.8) is 0 Å². The van der Waals surface area contributed by atoms with Crippen LogP contribution in [0.25, 0.3) is 17.2 Å². The molecule has 0 N–H and O–H groups in total. The van der Waals surface area contributed by atoms with Gasteiger partial charge in [-0.15, -0.1) is 10.2 Å². The van der Waals surface area contributed by atoms with Crippen LogP contribution < -0.4 is 0 Å². The number of aryl methyl sites for hydroxylation is 1. The number of rotatable bonds is 1. The Hall–Kier alpha value is -2.30. The zero-order chi connectivity index (χ0) is 11.0. The largest absolute Gasteiger partial charge is 0.253 e. The number of hydrogen-bond donors (Lipinski definition) is 0. The summed E-state index contributed by atoms with van der Waals surface area (Å²) >= 11 is 0. The molecule has 3 rings (SSSR count). The quantitative estimate of drug-likeness (QED) is 0.612. The molecule has 3 heterocycles. The average Bonchev–Trinajstić information content (AvgIpc) is 2.73. The van der Waals surface area contributed by atoms with Crippen LogP contribution in [0.5, 0.6) is 0 Å². The summed E-state index contributed by atoms with van der Waals surface area (Å²) in [5, 5.41) is 12.5. The minimum atomic E-state index is 0.666. The zero-order valence-corrected chi connectivity index (χ0v) is 8.70. The smallest absolute Gasteiger partial charge is 0.203 e. The van der Waals surface area contributed by atoms with E-state index < -0.39 is 0 Å². The van der Waals surface area contributed by atoms with Gasteiger partial charge in [0.1, 0.15) is 5.69 Å². The van der Waals surface area contributed by atoms with Crippen LogP contribution >= 0.6 is 0 Å². The van der Waals surface area contributed by atoms with Crippen LogP contribution in [0.15, 0.2) is 36.5 Å².